The molecule has 0 rings (SSSR count). The molecule has 0 spiro atoms. The molecule has 0 amide bonds. The number of hydrogen-bond donors (Lipinski definition) is 1. The number of aliphatic carboxylic acids is 1. The highest BCUT2D eigenvalue weighted by Crippen LogP contribution is 2.15. The van der Waals surface area contributed by atoms with Gasteiger partial charge in [0.05, 0.1) is 6.42 Å². The summed E-state index contributed by atoms with van der Waals surface area (Å²) in [5.41, 5.74) is 0. The minimum absolute atomic E-state index is 0.112. The zero-order valence-electron chi connectivity index (χ0n) is 9.90. The van der Waals surface area contributed by atoms with Gasteiger partial charge in [0.2, 0.25) is 6.54 Å². The summed E-state index contributed by atoms with van der Waals surface area (Å²) in [4.78, 5) is 20.1. The minimum Gasteiger partial charge on any atom is -0.481 e. The van der Waals surface area contributed by atoms with Crippen molar-refractivity contribution >= 4 is 5.97 Å². The third kappa shape index (κ3) is 12.9. The number of rotatable bonds is 6. The van der Waals surface area contributed by atoms with Gasteiger partial charge in [0.1, 0.15) is 0 Å². The Morgan fingerprint density at radius 1 is 1.40 bits per heavy atom. The molecule has 0 radical (unpaired) electrons. The Morgan fingerprint density at radius 3 is 2.13 bits per heavy atom. The van der Waals surface area contributed by atoms with Gasteiger partial charge >= 0.3 is 5.97 Å². The quantitative estimate of drug-likeness (QED) is 0.549. The molecule has 5 heteroatoms. The summed E-state index contributed by atoms with van der Waals surface area (Å²) in [7, 11) is 0. The molecular weight excluding hydrogens is 198 g/mol. The number of hydrogen-bond acceptors (Lipinski definition) is 3. The van der Waals surface area contributed by atoms with E-state index >= 15 is 0 Å². The molecule has 0 saturated heterocycles. The van der Waals surface area contributed by atoms with Crippen molar-refractivity contribution in [1.82, 2.24) is 0 Å². The van der Waals surface area contributed by atoms with Crippen LogP contribution < -0.4 is 0 Å². The Balaban J connectivity index is 0. The van der Waals surface area contributed by atoms with Gasteiger partial charge in [0.15, 0.2) is 0 Å². The molecule has 0 aliphatic carbocycles. The molecule has 0 aromatic rings. The van der Waals surface area contributed by atoms with Crippen LogP contribution in [-0.4, -0.2) is 22.5 Å². The number of carboxylic acids is 1. The van der Waals surface area contributed by atoms with Gasteiger partial charge in [0, 0.05) is 10.8 Å². The molecule has 1 N–H and O–H groups in total. The van der Waals surface area contributed by atoms with Crippen LogP contribution in [0, 0.1) is 22.0 Å². The second-order valence-corrected chi connectivity index (χ2v) is 3.61. The zero-order valence-corrected chi connectivity index (χ0v) is 9.90. The van der Waals surface area contributed by atoms with Gasteiger partial charge < -0.3 is 5.11 Å². The number of carboxylic acid groups (broad SMARTS) is 1. The molecule has 5 nitrogen and oxygen atoms in total. The van der Waals surface area contributed by atoms with Gasteiger partial charge in [-0.25, -0.2) is 0 Å². The highest BCUT2D eigenvalue weighted by Gasteiger charge is 2.19. The lowest BCUT2D eigenvalue weighted by molar-refractivity contribution is -0.488. The summed E-state index contributed by atoms with van der Waals surface area (Å²) < 4.78 is 0. The number of nitro groups is 1. The molecule has 15 heavy (non-hydrogen) atoms. The summed E-state index contributed by atoms with van der Waals surface area (Å²) in [6.45, 7) is 7.61. The Bertz CT molecular complexity index is 176. The molecule has 0 unspecified atom stereocenters. The standard InChI is InChI=1S/C8H15NO4.C2H6/c1-6(2)3-7(4-8(10)11)5-9(12)13;1-2/h6-7H,3-5H2,1-2H3,(H,10,11);1-2H3/t7-;/m0./s1. The van der Waals surface area contributed by atoms with Gasteiger partial charge in [0.25, 0.3) is 0 Å². The van der Waals surface area contributed by atoms with Gasteiger partial charge in [-0.05, 0) is 12.3 Å². The monoisotopic (exact) mass is 219 g/mol. The van der Waals surface area contributed by atoms with E-state index in [0.29, 0.717) is 12.3 Å². The van der Waals surface area contributed by atoms with E-state index in [1.807, 2.05) is 27.7 Å². The third-order valence-electron chi connectivity index (χ3n) is 1.68. The summed E-state index contributed by atoms with van der Waals surface area (Å²) in [6, 6.07) is 0. The minimum atomic E-state index is -0.965. The van der Waals surface area contributed by atoms with Gasteiger partial charge in [-0.1, -0.05) is 27.7 Å². The van der Waals surface area contributed by atoms with E-state index < -0.39 is 10.9 Å². The lowest BCUT2D eigenvalue weighted by Gasteiger charge is -2.12. The number of carbonyl (C=O) groups is 1. The van der Waals surface area contributed by atoms with Crippen LogP contribution in [0.4, 0.5) is 0 Å². The van der Waals surface area contributed by atoms with Crippen LogP contribution >= 0.6 is 0 Å². The maximum atomic E-state index is 10.4. The smallest absolute Gasteiger partial charge is 0.303 e. The van der Waals surface area contributed by atoms with Crippen molar-refractivity contribution < 1.29 is 14.8 Å². The van der Waals surface area contributed by atoms with E-state index in [2.05, 4.69) is 0 Å². The van der Waals surface area contributed by atoms with Crippen molar-refractivity contribution in [2.24, 2.45) is 11.8 Å². The van der Waals surface area contributed by atoms with Gasteiger partial charge in [-0.2, -0.15) is 0 Å². The topological polar surface area (TPSA) is 80.4 Å². The first kappa shape index (κ1) is 16.3. The van der Waals surface area contributed by atoms with Crippen LogP contribution in [-0.2, 0) is 4.79 Å². The van der Waals surface area contributed by atoms with E-state index in [9.17, 15) is 14.9 Å². The third-order valence-corrected chi connectivity index (χ3v) is 1.68. The first-order valence-corrected chi connectivity index (χ1v) is 5.25. The van der Waals surface area contributed by atoms with Gasteiger partial charge in [-0.3, -0.25) is 14.9 Å². The molecule has 1 atom stereocenters. The molecule has 0 bridgehead atoms. The first-order valence-electron chi connectivity index (χ1n) is 5.25. The molecule has 0 aliphatic heterocycles. The Labute approximate surface area is 90.6 Å². The molecule has 0 fully saturated rings. The van der Waals surface area contributed by atoms with Crippen molar-refractivity contribution in [3.05, 3.63) is 10.1 Å². The fourth-order valence-corrected chi connectivity index (χ4v) is 1.35. The SMILES string of the molecule is CC.CC(C)C[C@@H](CC(=O)O)C[N+](=O)[O-]. The molecule has 0 aromatic carbocycles. The normalized spacial score (nSPS) is 11.5. The Hall–Kier alpha value is -1.13. The summed E-state index contributed by atoms with van der Waals surface area (Å²) in [6.07, 6.45) is 0.479. The molecule has 90 valence electrons. The average molecular weight is 219 g/mol. The van der Waals surface area contributed by atoms with Crippen LogP contribution in [0.15, 0.2) is 0 Å². The van der Waals surface area contributed by atoms with E-state index in [1.165, 1.54) is 0 Å². The van der Waals surface area contributed by atoms with E-state index in [0.717, 1.165) is 0 Å². The van der Waals surface area contributed by atoms with Crippen molar-refractivity contribution in [3.8, 4) is 0 Å². The predicted octanol–water partition coefficient (Wildman–Crippen LogP) is 2.43. The van der Waals surface area contributed by atoms with Crippen LogP contribution in [0.3, 0.4) is 0 Å². The van der Waals surface area contributed by atoms with E-state index in [-0.39, 0.29) is 18.9 Å². The second kappa shape index (κ2) is 9.43. The Kier molecular flexibility index (Phi) is 10.2. The highest BCUT2D eigenvalue weighted by atomic mass is 16.6. The predicted molar refractivity (Wildman–Crippen MR) is 58.4 cm³/mol. The van der Waals surface area contributed by atoms with Crippen molar-refractivity contribution in [2.75, 3.05) is 6.54 Å². The van der Waals surface area contributed by atoms with Crippen molar-refractivity contribution in [1.29, 1.82) is 0 Å². The maximum absolute atomic E-state index is 10.4. The molecule has 0 saturated carbocycles. The largest absolute Gasteiger partial charge is 0.481 e. The van der Waals surface area contributed by atoms with Crippen molar-refractivity contribution in [3.63, 3.8) is 0 Å². The maximum Gasteiger partial charge on any atom is 0.303 e. The van der Waals surface area contributed by atoms with Gasteiger partial charge in [-0.15, -0.1) is 0 Å². The molecule has 0 heterocycles. The fourth-order valence-electron chi connectivity index (χ4n) is 1.35. The lowest BCUT2D eigenvalue weighted by atomic mass is 9.94. The van der Waals surface area contributed by atoms with E-state index in [1.54, 1.807) is 0 Å². The zero-order chi connectivity index (χ0) is 12.4. The molecule has 0 aromatic heterocycles. The summed E-state index contributed by atoms with van der Waals surface area (Å²) in [5, 5.41) is 18.7. The van der Waals surface area contributed by atoms with E-state index in [4.69, 9.17) is 5.11 Å². The summed E-state index contributed by atoms with van der Waals surface area (Å²) >= 11 is 0. The molecular formula is C10H21NO4. The Morgan fingerprint density at radius 2 is 1.87 bits per heavy atom. The average Bonchev–Trinajstić information content (AvgIpc) is 2.03. The van der Waals surface area contributed by atoms with Crippen molar-refractivity contribution in [2.45, 2.75) is 40.5 Å². The molecule has 0 aliphatic rings. The van der Waals surface area contributed by atoms with Crippen LogP contribution in [0.5, 0.6) is 0 Å². The number of nitrogens with zero attached hydrogens (tertiary/aromatic N) is 1. The van der Waals surface area contributed by atoms with Crippen LogP contribution in [0.1, 0.15) is 40.5 Å². The van der Waals surface area contributed by atoms with Crippen LogP contribution in [0.25, 0.3) is 0 Å². The summed E-state index contributed by atoms with van der Waals surface area (Å²) in [5.74, 6) is -1.01. The lowest BCUT2D eigenvalue weighted by Crippen LogP contribution is -2.19. The fraction of sp³-hybridized carbons (Fsp3) is 0.900. The highest BCUT2D eigenvalue weighted by molar-refractivity contribution is 5.67. The second-order valence-electron chi connectivity index (χ2n) is 3.61. The first-order chi connectivity index (χ1) is 6.91. The van der Waals surface area contributed by atoms with Crippen LogP contribution in [0.2, 0.25) is 0 Å².